The third kappa shape index (κ3) is 6.46. The highest BCUT2D eigenvalue weighted by molar-refractivity contribution is 6.29. The van der Waals surface area contributed by atoms with E-state index in [0.717, 1.165) is 0 Å². The van der Waals surface area contributed by atoms with Crippen molar-refractivity contribution >= 4 is 23.5 Å². The van der Waals surface area contributed by atoms with Gasteiger partial charge in [0.1, 0.15) is 5.15 Å². The molecule has 6 nitrogen and oxygen atoms in total. The number of rotatable bonds is 2. The maximum Gasteiger partial charge on any atom is 0.490 e. The van der Waals surface area contributed by atoms with Crippen LogP contribution in [0.25, 0.3) is 0 Å². The van der Waals surface area contributed by atoms with Gasteiger partial charge in [-0.1, -0.05) is 11.6 Å². The molecular formula is C9H7ClF3NO5. The second-order valence-electron chi connectivity index (χ2n) is 2.83. The monoisotopic (exact) mass is 301 g/mol. The van der Waals surface area contributed by atoms with Crippen LogP contribution in [-0.2, 0) is 4.79 Å². The molecule has 0 spiro atoms. The summed E-state index contributed by atoms with van der Waals surface area (Å²) in [6.07, 6.45) is -5.08. The maximum absolute atomic E-state index is 10.6. The molecule has 10 heteroatoms. The summed E-state index contributed by atoms with van der Waals surface area (Å²) in [7, 11) is 1.39. The predicted octanol–water partition coefficient (Wildman–Crippen LogP) is 2.08. The molecule has 1 heterocycles. The van der Waals surface area contributed by atoms with Crippen molar-refractivity contribution in [3.8, 4) is 5.88 Å². The first kappa shape index (κ1) is 17.0. The van der Waals surface area contributed by atoms with Gasteiger partial charge >= 0.3 is 18.1 Å². The van der Waals surface area contributed by atoms with Crippen LogP contribution in [0.1, 0.15) is 10.4 Å². The molecule has 2 N–H and O–H groups in total. The van der Waals surface area contributed by atoms with Crippen molar-refractivity contribution in [2.75, 3.05) is 7.11 Å². The van der Waals surface area contributed by atoms with E-state index < -0.39 is 18.1 Å². The molecule has 0 fully saturated rings. The van der Waals surface area contributed by atoms with E-state index in [9.17, 15) is 18.0 Å². The molecule has 0 unspecified atom stereocenters. The summed E-state index contributed by atoms with van der Waals surface area (Å²) in [5.41, 5.74) is 0.0619. The van der Waals surface area contributed by atoms with E-state index in [2.05, 4.69) is 4.98 Å². The average Bonchev–Trinajstić information content (AvgIpc) is 2.27. The normalized spacial score (nSPS) is 10.2. The summed E-state index contributed by atoms with van der Waals surface area (Å²) in [6.45, 7) is 0. The lowest BCUT2D eigenvalue weighted by Crippen LogP contribution is -2.21. The van der Waals surface area contributed by atoms with Gasteiger partial charge in [-0.25, -0.2) is 14.6 Å². The molecule has 0 saturated heterocycles. The predicted molar refractivity (Wildman–Crippen MR) is 56.4 cm³/mol. The molecule has 0 atom stereocenters. The number of aliphatic carboxylic acids is 1. The van der Waals surface area contributed by atoms with Crippen LogP contribution >= 0.6 is 11.6 Å². The minimum atomic E-state index is -5.08. The standard InChI is InChI=1S/C7H6ClNO3.C2HF3O2/c1-12-6-3-4(7(10)11)2-5(8)9-6;3-2(4,5)1(6)7/h2-3H,1H3,(H,10,11);(H,6,7). The summed E-state index contributed by atoms with van der Waals surface area (Å²) in [6, 6.07) is 2.56. The summed E-state index contributed by atoms with van der Waals surface area (Å²) in [5.74, 6) is -3.62. The van der Waals surface area contributed by atoms with Crippen molar-refractivity contribution in [1.82, 2.24) is 4.98 Å². The van der Waals surface area contributed by atoms with Gasteiger partial charge in [0.15, 0.2) is 0 Å². The Morgan fingerprint density at radius 3 is 2.11 bits per heavy atom. The van der Waals surface area contributed by atoms with Crippen LogP contribution < -0.4 is 4.74 Å². The number of methoxy groups -OCH3 is 1. The fraction of sp³-hybridized carbons (Fsp3) is 0.222. The van der Waals surface area contributed by atoms with Gasteiger partial charge in [-0.3, -0.25) is 0 Å². The van der Waals surface area contributed by atoms with Crippen LogP contribution in [0.3, 0.4) is 0 Å². The van der Waals surface area contributed by atoms with Crippen LogP contribution in [0.15, 0.2) is 12.1 Å². The Bertz CT molecular complexity index is 477. The van der Waals surface area contributed by atoms with Crippen LogP contribution in [0.4, 0.5) is 13.2 Å². The third-order valence-corrected chi connectivity index (χ3v) is 1.66. The number of carboxylic acid groups (broad SMARTS) is 2. The number of carboxylic acids is 2. The Balaban J connectivity index is 0.000000399. The molecule has 106 valence electrons. The summed E-state index contributed by atoms with van der Waals surface area (Å²) < 4.78 is 36.5. The molecule has 0 aliphatic carbocycles. The topological polar surface area (TPSA) is 96.7 Å². The molecule has 0 aliphatic heterocycles. The highest BCUT2D eigenvalue weighted by Crippen LogP contribution is 2.15. The van der Waals surface area contributed by atoms with Crippen molar-refractivity contribution in [3.05, 3.63) is 22.8 Å². The van der Waals surface area contributed by atoms with Crippen molar-refractivity contribution in [1.29, 1.82) is 0 Å². The van der Waals surface area contributed by atoms with Crippen molar-refractivity contribution < 1.29 is 37.7 Å². The van der Waals surface area contributed by atoms with E-state index >= 15 is 0 Å². The Kier molecular flexibility index (Phi) is 6.06. The third-order valence-electron chi connectivity index (χ3n) is 1.47. The van der Waals surface area contributed by atoms with E-state index in [1.54, 1.807) is 0 Å². The number of hydrogen-bond acceptors (Lipinski definition) is 4. The molecule has 0 saturated carbocycles. The molecule has 0 aromatic carbocycles. The average molecular weight is 302 g/mol. The van der Waals surface area contributed by atoms with Gasteiger partial charge in [0.25, 0.3) is 0 Å². The Morgan fingerprint density at radius 1 is 1.32 bits per heavy atom. The van der Waals surface area contributed by atoms with E-state index in [1.807, 2.05) is 0 Å². The van der Waals surface area contributed by atoms with Gasteiger partial charge in [-0.2, -0.15) is 13.2 Å². The van der Waals surface area contributed by atoms with Crippen LogP contribution in [0.2, 0.25) is 5.15 Å². The smallest absolute Gasteiger partial charge is 0.481 e. The lowest BCUT2D eigenvalue weighted by Gasteiger charge is -2.00. The molecule has 1 rings (SSSR count). The highest BCUT2D eigenvalue weighted by atomic mass is 35.5. The van der Waals surface area contributed by atoms with Crippen molar-refractivity contribution in [3.63, 3.8) is 0 Å². The fourth-order valence-corrected chi connectivity index (χ4v) is 0.902. The first-order chi connectivity index (χ1) is 8.57. The van der Waals surface area contributed by atoms with E-state index in [4.69, 9.17) is 31.3 Å². The Labute approximate surface area is 109 Å². The Hall–Kier alpha value is -2.03. The number of aromatic carboxylic acids is 1. The van der Waals surface area contributed by atoms with E-state index in [0.29, 0.717) is 0 Å². The summed E-state index contributed by atoms with van der Waals surface area (Å²) in [5, 5.41) is 15.8. The molecule has 0 radical (unpaired) electrons. The van der Waals surface area contributed by atoms with Gasteiger partial charge in [-0.05, 0) is 6.07 Å². The summed E-state index contributed by atoms with van der Waals surface area (Å²) in [4.78, 5) is 23.1. The van der Waals surface area contributed by atoms with Crippen LogP contribution in [0.5, 0.6) is 5.88 Å². The van der Waals surface area contributed by atoms with Gasteiger partial charge < -0.3 is 14.9 Å². The van der Waals surface area contributed by atoms with Crippen LogP contribution in [0, 0.1) is 0 Å². The highest BCUT2D eigenvalue weighted by Gasteiger charge is 2.38. The first-order valence-electron chi connectivity index (χ1n) is 4.33. The van der Waals surface area contributed by atoms with Gasteiger partial charge in [-0.15, -0.1) is 0 Å². The molecular weight excluding hydrogens is 295 g/mol. The largest absolute Gasteiger partial charge is 0.490 e. The minimum Gasteiger partial charge on any atom is -0.481 e. The van der Waals surface area contributed by atoms with Gasteiger partial charge in [0, 0.05) is 6.07 Å². The number of pyridine rings is 1. The zero-order chi connectivity index (χ0) is 15.2. The van der Waals surface area contributed by atoms with E-state index in [-0.39, 0.29) is 16.6 Å². The number of alkyl halides is 3. The number of ether oxygens (including phenoxy) is 1. The number of carbonyl (C=O) groups is 2. The fourth-order valence-electron chi connectivity index (χ4n) is 0.701. The number of aromatic nitrogens is 1. The second kappa shape index (κ2) is 6.78. The number of hydrogen-bond donors (Lipinski definition) is 2. The molecule has 19 heavy (non-hydrogen) atoms. The maximum atomic E-state index is 10.6. The zero-order valence-electron chi connectivity index (χ0n) is 9.23. The second-order valence-corrected chi connectivity index (χ2v) is 3.22. The lowest BCUT2D eigenvalue weighted by molar-refractivity contribution is -0.192. The Morgan fingerprint density at radius 2 is 1.79 bits per heavy atom. The number of nitrogens with zero attached hydrogens (tertiary/aromatic N) is 1. The van der Waals surface area contributed by atoms with Gasteiger partial charge in [0.2, 0.25) is 5.88 Å². The SMILES string of the molecule is COc1cc(C(=O)O)cc(Cl)n1.O=C(O)C(F)(F)F. The van der Waals surface area contributed by atoms with Crippen LogP contribution in [-0.4, -0.2) is 40.4 Å². The zero-order valence-corrected chi connectivity index (χ0v) is 9.99. The molecule has 0 aliphatic rings. The van der Waals surface area contributed by atoms with E-state index in [1.165, 1.54) is 19.2 Å². The molecule has 0 bridgehead atoms. The molecule has 1 aromatic rings. The minimum absolute atomic E-state index is 0.0619. The summed E-state index contributed by atoms with van der Waals surface area (Å²) >= 11 is 5.52. The first-order valence-corrected chi connectivity index (χ1v) is 4.70. The lowest BCUT2D eigenvalue weighted by atomic mass is 10.3. The van der Waals surface area contributed by atoms with Crippen molar-refractivity contribution in [2.45, 2.75) is 6.18 Å². The van der Waals surface area contributed by atoms with Crippen molar-refractivity contribution in [2.24, 2.45) is 0 Å². The van der Waals surface area contributed by atoms with Gasteiger partial charge in [0.05, 0.1) is 12.7 Å². The molecule has 1 aromatic heterocycles. The quantitative estimate of drug-likeness (QED) is 0.812. The number of halogens is 4. The molecule has 0 amide bonds.